The van der Waals surface area contributed by atoms with Crippen molar-refractivity contribution in [3.63, 3.8) is 0 Å². The van der Waals surface area contributed by atoms with Gasteiger partial charge in [-0.15, -0.1) is 0 Å². The van der Waals surface area contributed by atoms with Crippen molar-refractivity contribution in [3.05, 3.63) is 58.4 Å². The molecule has 7 heteroatoms. The van der Waals surface area contributed by atoms with Crippen molar-refractivity contribution in [2.24, 2.45) is 0 Å². The first-order valence-corrected chi connectivity index (χ1v) is 6.96. The number of piperazine rings is 1. The van der Waals surface area contributed by atoms with E-state index in [0.717, 1.165) is 0 Å². The van der Waals surface area contributed by atoms with Crippen LogP contribution in [0.4, 0.5) is 0 Å². The van der Waals surface area contributed by atoms with Gasteiger partial charge in [0, 0.05) is 44.5 Å². The maximum Gasteiger partial charge on any atom is 0.289 e. The molecule has 0 radical (unpaired) electrons. The average molecular weight is 301 g/mol. The number of hydrogen-bond donors (Lipinski definition) is 1. The zero-order chi connectivity index (χ0) is 15.5. The van der Waals surface area contributed by atoms with Crippen LogP contribution in [0.2, 0.25) is 0 Å². The topological polar surface area (TPSA) is 86.6 Å². The molecule has 1 aliphatic heterocycles. The minimum atomic E-state index is -0.234. The van der Waals surface area contributed by atoms with Crippen LogP contribution in [0.3, 0.4) is 0 Å². The third kappa shape index (κ3) is 2.78. The Morgan fingerprint density at radius 1 is 1.05 bits per heavy atom. The molecule has 1 aliphatic rings. The predicted molar refractivity (Wildman–Crippen MR) is 77.6 cm³/mol. The molecular weight excluding hydrogens is 286 g/mol. The summed E-state index contributed by atoms with van der Waals surface area (Å²) in [6.07, 6.45) is 2.91. The van der Waals surface area contributed by atoms with Crippen LogP contribution in [0.5, 0.6) is 0 Å². The number of H-pyrrole nitrogens is 1. The van der Waals surface area contributed by atoms with Crippen molar-refractivity contribution in [2.75, 3.05) is 26.2 Å². The van der Waals surface area contributed by atoms with Crippen LogP contribution >= 0.6 is 0 Å². The molecule has 0 unspecified atom stereocenters. The van der Waals surface area contributed by atoms with E-state index < -0.39 is 0 Å². The first kappa shape index (κ1) is 14.1. The number of nitrogens with one attached hydrogen (secondary N) is 1. The zero-order valence-electron chi connectivity index (χ0n) is 11.8. The smallest absolute Gasteiger partial charge is 0.289 e. The van der Waals surface area contributed by atoms with Crippen molar-refractivity contribution in [2.45, 2.75) is 0 Å². The Morgan fingerprint density at radius 2 is 1.73 bits per heavy atom. The van der Waals surface area contributed by atoms with Crippen LogP contribution in [0.25, 0.3) is 0 Å². The van der Waals surface area contributed by atoms with E-state index in [4.69, 9.17) is 4.42 Å². The van der Waals surface area contributed by atoms with E-state index in [1.807, 2.05) is 0 Å². The van der Waals surface area contributed by atoms with E-state index in [1.165, 1.54) is 24.6 Å². The van der Waals surface area contributed by atoms with Crippen LogP contribution in [0.1, 0.15) is 21.0 Å². The fourth-order valence-corrected chi connectivity index (χ4v) is 2.41. The van der Waals surface area contributed by atoms with Crippen LogP contribution in [0.15, 0.2) is 45.9 Å². The summed E-state index contributed by atoms with van der Waals surface area (Å²) < 4.78 is 5.09. The summed E-state index contributed by atoms with van der Waals surface area (Å²) in [5.74, 6) is -0.111. The number of nitrogens with zero attached hydrogens (tertiary/aromatic N) is 2. The number of furan rings is 1. The van der Waals surface area contributed by atoms with Gasteiger partial charge in [0.1, 0.15) is 5.69 Å². The first-order chi connectivity index (χ1) is 10.6. The van der Waals surface area contributed by atoms with Crippen molar-refractivity contribution in [3.8, 4) is 0 Å². The highest BCUT2D eigenvalue weighted by molar-refractivity contribution is 5.93. The lowest BCUT2D eigenvalue weighted by molar-refractivity contribution is 0.0515. The van der Waals surface area contributed by atoms with Crippen LogP contribution < -0.4 is 5.43 Å². The lowest BCUT2D eigenvalue weighted by Crippen LogP contribution is -2.50. The number of aromatic nitrogens is 1. The number of rotatable bonds is 2. The summed E-state index contributed by atoms with van der Waals surface area (Å²) in [7, 11) is 0. The molecule has 1 saturated heterocycles. The number of carbonyl (C=O) groups excluding carboxylic acids is 2. The van der Waals surface area contributed by atoms with Gasteiger partial charge in [-0.25, -0.2) is 0 Å². The molecule has 0 aliphatic carbocycles. The molecule has 3 heterocycles. The standard InChI is InChI=1S/C15H15N3O4/c19-11-3-4-16-12(10-11)14(20)17-5-7-18(8-6-17)15(21)13-2-1-9-22-13/h1-4,9-10H,5-8H2,(H,16,19). The highest BCUT2D eigenvalue weighted by atomic mass is 16.3. The summed E-state index contributed by atoms with van der Waals surface area (Å²) in [5, 5.41) is 0. The molecule has 22 heavy (non-hydrogen) atoms. The maximum atomic E-state index is 12.3. The highest BCUT2D eigenvalue weighted by Crippen LogP contribution is 2.10. The fourth-order valence-electron chi connectivity index (χ4n) is 2.41. The number of pyridine rings is 1. The number of aromatic amines is 1. The minimum absolute atomic E-state index is 0.176. The Hall–Kier alpha value is -2.83. The molecule has 114 valence electrons. The summed E-state index contributed by atoms with van der Waals surface area (Å²) in [5.41, 5.74) is 0.0482. The minimum Gasteiger partial charge on any atom is -0.459 e. The molecule has 7 nitrogen and oxygen atoms in total. The number of hydrogen-bond acceptors (Lipinski definition) is 4. The van der Waals surface area contributed by atoms with Gasteiger partial charge in [0.05, 0.1) is 6.26 Å². The first-order valence-electron chi connectivity index (χ1n) is 6.96. The number of amides is 2. The van der Waals surface area contributed by atoms with E-state index in [-0.39, 0.29) is 22.9 Å². The van der Waals surface area contributed by atoms with Gasteiger partial charge in [0.25, 0.3) is 11.8 Å². The normalized spacial score (nSPS) is 14.9. The predicted octanol–water partition coefficient (Wildman–Crippen LogP) is 0.566. The Balaban J connectivity index is 1.63. The Morgan fingerprint density at radius 3 is 2.32 bits per heavy atom. The maximum absolute atomic E-state index is 12.3. The van der Waals surface area contributed by atoms with Crippen LogP contribution in [0, 0.1) is 0 Å². The summed E-state index contributed by atoms with van der Waals surface area (Å²) >= 11 is 0. The zero-order valence-corrected chi connectivity index (χ0v) is 11.8. The van der Waals surface area contributed by atoms with Gasteiger partial charge in [-0.05, 0) is 12.1 Å². The van der Waals surface area contributed by atoms with Crippen molar-refractivity contribution in [1.82, 2.24) is 14.8 Å². The molecule has 0 bridgehead atoms. The van der Waals surface area contributed by atoms with E-state index in [1.54, 1.807) is 21.9 Å². The second-order valence-corrected chi connectivity index (χ2v) is 5.00. The molecule has 2 amide bonds. The van der Waals surface area contributed by atoms with Crippen molar-refractivity contribution >= 4 is 11.8 Å². The average Bonchev–Trinajstić information content (AvgIpc) is 3.08. The third-order valence-electron chi connectivity index (χ3n) is 3.59. The van der Waals surface area contributed by atoms with Crippen LogP contribution in [-0.2, 0) is 0 Å². The van der Waals surface area contributed by atoms with Crippen molar-refractivity contribution in [1.29, 1.82) is 0 Å². The fraction of sp³-hybridized carbons (Fsp3) is 0.267. The molecule has 1 N–H and O–H groups in total. The lowest BCUT2D eigenvalue weighted by Gasteiger charge is -2.34. The summed E-state index contributed by atoms with van der Waals surface area (Å²) in [4.78, 5) is 41.8. The monoisotopic (exact) mass is 301 g/mol. The molecule has 0 saturated carbocycles. The molecule has 0 atom stereocenters. The van der Waals surface area contributed by atoms with Gasteiger partial charge in [-0.3, -0.25) is 14.4 Å². The van der Waals surface area contributed by atoms with Gasteiger partial charge in [-0.1, -0.05) is 0 Å². The van der Waals surface area contributed by atoms with E-state index >= 15 is 0 Å². The molecule has 2 aromatic heterocycles. The Bertz CT molecular complexity index is 727. The van der Waals surface area contributed by atoms with E-state index in [9.17, 15) is 14.4 Å². The van der Waals surface area contributed by atoms with E-state index in [2.05, 4.69) is 4.98 Å². The third-order valence-corrected chi connectivity index (χ3v) is 3.59. The molecule has 3 rings (SSSR count). The number of carbonyl (C=O) groups is 2. The quantitative estimate of drug-likeness (QED) is 0.878. The van der Waals surface area contributed by atoms with Gasteiger partial charge in [0.2, 0.25) is 0 Å². The largest absolute Gasteiger partial charge is 0.459 e. The second kappa shape index (κ2) is 5.88. The van der Waals surface area contributed by atoms with Gasteiger partial charge in [-0.2, -0.15) is 0 Å². The van der Waals surface area contributed by atoms with Gasteiger partial charge >= 0.3 is 0 Å². The Labute approximate surface area is 126 Å². The molecule has 1 fully saturated rings. The second-order valence-electron chi connectivity index (χ2n) is 5.00. The lowest BCUT2D eigenvalue weighted by atomic mass is 10.2. The van der Waals surface area contributed by atoms with Crippen LogP contribution in [-0.4, -0.2) is 52.8 Å². The molecule has 2 aromatic rings. The van der Waals surface area contributed by atoms with E-state index in [0.29, 0.717) is 31.9 Å². The summed E-state index contributed by atoms with van der Waals surface area (Å²) in [6, 6.07) is 5.92. The molecular formula is C15H15N3O4. The van der Waals surface area contributed by atoms with Crippen molar-refractivity contribution < 1.29 is 14.0 Å². The SMILES string of the molecule is O=C(c1cc(=O)cc[nH]1)N1CCN(C(=O)c2ccco2)CC1. The van der Waals surface area contributed by atoms with Gasteiger partial charge < -0.3 is 19.2 Å². The summed E-state index contributed by atoms with van der Waals surface area (Å²) in [6.45, 7) is 1.70. The van der Waals surface area contributed by atoms with Gasteiger partial charge in [0.15, 0.2) is 11.2 Å². The highest BCUT2D eigenvalue weighted by Gasteiger charge is 2.26. The molecule has 0 aromatic carbocycles. The Kier molecular flexibility index (Phi) is 3.78. The molecule has 0 spiro atoms.